The normalized spacial score (nSPS) is 20.5. The maximum Gasteiger partial charge on any atom is 0.0783 e. The van der Waals surface area contributed by atoms with Gasteiger partial charge in [-0.15, -0.1) is 0 Å². The molecule has 2 fully saturated rings. The minimum Gasteiger partial charge on any atom is -0.255 e. The second kappa shape index (κ2) is 7.28. The van der Waals surface area contributed by atoms with Crippen molar-refractivity contribution in [3.63, 3.8) is 0 Å². The number of rotatable bonds is 3. The van der Waals surface area contributed by atoms with Gasteiger partial charge < -0.3 is 0 Å². The zero-order chi connectivity index (χ0) is 23.0. The van der Waals surface area contributed by atoms with E-state index in [9.17, 15) is 0 Å². The molecule has 170 valence electrons. The van der Waals surface area contributed by atoms with Gasteiger partial charge in [0.25, 0.3) is 0 Å². The van der Waals surface area contributed by atoms with Crippen LogP contribution in [0.3, 0.4) is 0 Å². The smallest absolute Gasteiger partial charge is 0.0783 e. The summed E-state index contributed by atoms with van der Waals surface area (Å²) in [4.78, 5) is 5.17. The highest BCUT2D eigenvalue weighted by Gasteiger charge is 2.33. The second-order valence-corrected chi connectivity index (χ2v) is 11.9. The number of aromatic nitrogens is 1. The van der Waals surface area contributed by atoms with Crippen molar-refractivity contribution in [2.45, 2.75) is 71.1 Å². The molecule has 0 N–H and O–H groups in total. The van der Waals surface area contributed by atoms with Gasteiger partial charge in [-0.1, -0.05) is 62.4 Å². The van der Waals surface area contributed by atoms with Crippen LogP contribution in [0.25, 0.3) is 33.2 Å². The van der Waals surface area contributed by atoms with Crippen LogP contribution in [0.4, 0.5) is 0 Å². The summed E-state index contributed by atoms with van der Waals surface area (Å²) in [6.45, 7) is 7.09. The molecule has 1 atom stereocenters. The van der Waals surface area contributed by atoms with Gasteiger partial charge in [-0.2, -0.15) is 0 Å². The summed E-state index contributed by atoms with van der Waals surface area (Å²) >= 11 is 0. The molecular formula is C33H33N. The Morgan fingerprint density at radius 1 is 0.824 bits per heavy atom. The van der Waals surface area contributed by atoms with Crippen LogP contribution in [0, 0.1) is 12.3 Å². The van der Waals surface area contributed by atoms with Gasteiger partial charge in [0.1, 0.15) is 0 Å². The van der Waals surface area contributed by atoms with Crippen molar-refractivity contribution in [2.75, 3.05) is 0 Å². The lowest BCUT2D eigenvalue weighted by Gasteiger charge is -2.19. The Labute approximate surface area is 203 Å². The Balaban J connectivity index is 1.41. The zero-order valence-corrected chi connectivity index (χ0v) is 20.6. The van der Waals surface area contributed by atoms with Crippen molar-refractivity contribution in [2.24, 2.45) is 5.41 Å². The molecule has 3 aliphatic rings. The molecule has 0 saturated heterocycles. The summed E-state index contributed by atoms with van der Waals surface area (Å²) in [7, 11) is 0. The van der Waals surface area contributed by atoms with Gasteiger partial charge in [0.15, 0.2) is 0 Å². The summed E-state index contributed by atoms with van der Waals surface area (Å²) in [6.07, 6.45) is 9.80. The minimum atomic E-state index is 0.472. The fraction of sp³-hybridized carbons (Fsp3) is 0.364. The summed E-state index contributed by atoms with van der Waals surface area (Å²) < 4.78 is 0. The molecule has 3 aromatic carbocycles. The monoisotopic (exact) mass is 443 g/mol. The summed E-state index contributed by atoms with van der Waals surface area (Å²) in [6, 6.07) is 21.0. The highest BCUT2D eigenvalue weighted by Crippen LogP contribution is 2.49. The van der Waals surface area contributed by atoms with E-state index in [1.807, 2.05) is 0 Å². The lowest BCUT2D eigenvalue weighted by atomic mass is 9.87. The van der Waals surface area contributed by atoms with Gasteiger partial charge in [0, 0.05) is 17.1 Å². The Morgan fingerprint density at radius 3 is 2.44 bits per heavy atom. The number of fused-ring (bicyclic) bond motifs is 4. The predicted octanol–water partition coefficient (Wildman–Crippen LogP) is 8.95. The van der Waals surface area contributed by atoms with Crippen LogP contribution < -0.4 is 0 Å². The van der Waals surface area contributed by atoms with Crippen molar-refractivity contribution in [1.29, 1.82) is 0 Å². The van der Waals surface area contributed by atoms with E-state index in [1.54, 1.807) is 5.56 Å². The van der Waals surface area contributed by atoms with Gasteiger partial charge in [0.05, 0.1) is 5.69 Å². The molecule has 0 aliphatic heterocycles. The standard InChI is InChI=1S/C33H33N/c1-20-14-27-25-7-5-4-6-23(25)17-29(27)30(15-20)32-26-11-10-22(24-12-13-33(2,3)18-24)16-28(26)31(19-34-32)21-8-9-21/h4-7,10-11,14-16,19,21,24H,8-9,12-13,17-18H2,1-3H3. The molecule has 1 heteroatoms. The topological polar surface area (TPSA) is 12.9 Å². The van der Waals surface area contributed by atoms with Crippen LogP contribution in [-0.2, 0) is 6.42 Å². The number of benzene rings is 3. The highest BCUT2D eigenvalue weighted by atomic mass is 14.7. The van der Waals surface area contributed by atoms with Crippen LogP contribution in [0.15, 0.2) is 60.8 Å². The van der Waals surface area contributed by atoms with E-state index in [1.165, 1.54) is 87.5 Å². The maximum atomic E-state index is 5.17. The zero-order valence-electron chi connectivity index (χ0n) is 20.6. The van der Waals surface area contributed by atoms with E-state index in [2.05, 4.69) is 81.6 Å². The van der Waals surface area contributed by atoms with Crippen LogP contribution >= 0.6 is 0 Å². The molecule has 0 radical (unpaired) electrons. The largest absolute Gasteiger partial charge is 0.255 e. The average Bonchev–Trinajstić information content (AvgIpc) is 3.51. The molecule has 1 heterocycles. The number of pyridine rings is 1. The van der Waals surface area contributed by atoms with Crippen molar-refractivity contribution in [3.05, 3.63) is 88.6 Å². The van der Waals surface area contributed by atoms with Crippen LogP contribution in [0.1, 0.15) is 85.6 Å². The third kappa shape index (κ3) is 3.24. The first-order valence-corrected chi connectivity index (χ1v) is 13.1. The molecule has 2 saturated carbocycles. The Hall–Kier alpha value is -2.93. The number of hydrogen-bond acceptors (Lipinski definition) is 1. The van der Waals surface area contributed by atoms with E-state index in [-0.39, 0.29) is 0 Å². The fourth-order valence-corrected chi connectivity index (χ4v) is 6.78. The lowest BCUT2D eigenvalue weighted by molar-refractivity contribution is 0.376. The van der Waals surface area contributed by atoms with Crippen LogP contribution in [0.5, 0.6) is 0 Å². The summed E-state index contributed by atoms with van der Waals surface area (Å²) in [5.41, 5.74) is 13.0. The summed E-state index contributed by atoms with van der Waals surface area (Å²) in [5.74, 6) is 1.40. The minimum absolute atomic E-state index is 0.472. The molecule has 34 heavy (non-hydrogen) atoms. The van der Waals surface area contributed by atoms with Gasteiger partial charge in [-0.05, 0) is 113 Å². The molecular weight excluding hydrogens is 410 g/mol. The van der Waals surface area contributed by atoms with E-state index >= 15 is 0 Å². The Morgan fingerprint density at radius 2 is 1.65 bits per heavy atom. The van der Waals surface area contributed by atoms with Crippen molar-refractivity contribution >= 4 is 10.8 Å². The SMILES string of the molecule is Cc1cc2c(c(-c3ncc(C4CC4)c4cc(C5CCC(C)(C)C5)ccc34)c1)Cc1ccccc1-2. The van der Waals surface area contributed by atoms with Crippen LogP contribution in [0.2, 0.25) is 0 Å². The van der Waals surface area contributed by atoms with Crippen molar-refractivity contribution in [3.8, 4) is 22.4 Å². The molecule has 1 nitrogen and oxygen atoms in total. The predicted molar refractivity (Wildman–Crippen MR) is 143 cm³/mol. The molecule has 0 spiro atoms. The van der Waals surface area contributed by atoms with E-state index < -0.39 is 0 Å². The highest BCUT2D eigenvalue weighted by molar-refractivity contribution is 5.99. The maximum absolute atomic E-state index is 5.17. The van der Waals surface area contributed by atoms with Gasteiger partial charge in [-0.3, -0.25) is 4.98 Å². The van der Waals surface area contributed by atoms with E-state index in [4.69, 9.17) is 4.98 Å². The fourth-order valence-electron chi connectivity index (χ4n) is 6.78. The lowest BCUT2D eigenvalue weighted by Crippen LogP contribution is -2.04. The van der Waals surface area contributed by atoms with Gasteiger partial charge in [-0.25, -0.2) is 0 Å². The third-order valence-electron chi connectivity index (χ3n) is 8.72. The van der Waals surface area contributed by atoms with E-state index in [0.29, 0.717) is 17.3 Å². The second-order valence-electron chi connectivity index (χ2n) is 11.9. The number of hydrogen-bond donors (Lipinski definition) is 0. The van der Waals surface area contributed by atoms with Crippen molar-refractivity contribution < 1.29 is 0 Å². The average molecular weight is 444 g/mol. The first kappa shape index (κ1) is 20.4. The van der Waals surface area contributed by atoms with Gasteiger partial charge >= 0.3 is 0 Å². The van der Waals surface area contributed by atoms with Gasteiger partial charge in [0.2, 0.25) is 0 Å². The quantitative estimate of drug-likeness (QED) is 0.271. The van der Waals surface area contributed by atoms with Crippen molar-refractivity contribution in [1.82, 2.24) is 4.98 Å². The molecule has 0 amide bonds. The third-order valence-corrected chi connectivity index (χ3v) is 8.72. The number of nitrogens with zero attached hydrogens (tertiary/aromatic N) is 1. The molecule has 1 unspecified atom stereocenters. The summed E-state index contributed by atoms with van der Waals surface area (Å²) in [5, 5.41) is 2.80. The molecule has 1 aromatic heterocycles. The molecule has 4 aromatic rings. The first-order chi connectivity index (χ1) is 16.5. The Bertz CT molecular complexity index is 1450. The first-order valence-electron chi connectivity index (χ1n) is 13.1. The number of aryl methyl sites for hydroxylation is 1. The molecule has 3 aliphatic carbocycles. The molecule has 0 bridgehead atoms. The van der Waals surface area contributed by atoms with Crippen LogP contribution in [-0.4, -0.2) is 4.98 Å². The van der Waals surface area contributed by atoms with E-state index in [0.717, 1.165) is 6.42 Å². The Kier molecular flexibility index (Phi) is 4.38. The molecule has 7 rings (SSSR count).